The minimum atomic E-state index is 0.285. The van der Waals surface area contributed by atoms with Gasteiger partial charge < -0.3 is 0 Å². The van der Waals surface area contributed by atoms with Crippen molar-refractivity contribution in [3.8, 4) is 0 Å². The summed E-state index contributed by atoms with van der Waals surface area (Å²) in [7, 11) is 0. The van der Waals surface area contributed by atoms with E-state index in [2.05, 4.69) is 37.3 Å². The van der Waals surface area contributed by atoms with Gasteiger partial charge in [0.2, 0.25) is 0 Å². The molecular weight excluding hydrogens is 256 g/mol. The second-order valence-electron chi connectivity index (χ2n) is 7.21. The molecule has 2 bridgehead atoms. The van der Waals surface area contributed by atoms with E-state index in [-0.39, 0.29) is 5.41 Å². The molecule has 1 heteroatoms. The van der Waals surface area contributed by atoms with E-state index >= 15 is 0 Å². The van der Waals surface area contributed by atoms with Crippen molar-refractivity contribution >= 4 is 5.78 Å². The first-order valence-corrected chi connectivity index (χ1v) is 8.58. The third-order valence-corrected chi connectivity index (χ3v) is 6.06. The summed E-state index contributed by atoms with van der Waals surface area (Å²) in [5.74, 6) is 1.81. The number of carbonyl (C=O) groups excluding carboxylic acids is 1. The van der Waals surface area contributed by atoms with E-state index in [1.54, 1.807) is 0 Å². The van der Waals surface area contributed by atoms with Crippen LogP contribution in [0.2, 0.25) is 0 Å². The molecule has 3 atom stereocenters. The van der Waals surface area contributed by atoms with Gasteiger partial charge in [-0.05, 0) is 55.1 Å². The molecule has 1 aromatic carbocycles. The molecule has 1 fully saturated rings. The molecule has 1 aromatic rings. The summed E-state index contributed by atoms with van der Waals surface area (Å²) in [6.07, 6.45) is 12.9. The monoisotopic (exact) mass is 280 g/mol. The van der Waals surface area contributed by atoms with Gasteiger partial charge in [-0.15, -0.1) is 0 Å². The smallest absolute Gasteiger partial charge is 0.163 e. The predicted octanol–water partition coefficient (Wildman–Crippen LogP) is 4.84. The number of allylic oxidation sites excluding steroid dienone is 2. The van der Waals surface area contributed by atoms with E-state index in [1.807, 2.05) is 0 Å². The number of fused-ring (bicyclic) bond motifs is 5. The van der Waals surface area contributed by atoms with Crippen molar-refractivity contribution in [3.63, 3.8) is 0 Å². The molecule has 1 nitrogen and oxygen atoms in total. The Morgan fingerprint density at radius 3 is 2.90 bits per heavy atom. The summed E-state index contributed by atoms with van der Waals surface area (Å²) in [6.45, 7) is 2.25. The van der Waals surface area contributed by atoms with Crippen LogP contribution in [-0.2, 0) is 11.8 Å². The molecule has 4 rings (SSSR count). The zero-order valence-corrected chi connectivity index (χ0v) is 12.9. The lowest BCUT2D eigenvalue weighted by molar-refractivity contribution is 0.0943. The maximum absolute atomic E-state index is 12.4. The van der Waals surface area contributed by atoms with Crippen LogP contribution in [0, 0.1) is 11.8 Å². The fourth-order valence-electron chi connectivity index (χ4n) is 5.12. The molecule has 3 unspecified atom stereocenters. The van der Waals surface area contributed by atoms with Gasteiger partial charge in [-0.3, -0.25) is 4.79 Å². The highest BCUT2D eigenvalue weighted by Crippen LogP contribution is 2.58. The number of unbranched alkanes of at least 4 members (excludes halogenated alkanes) is 1. The molecule has 0 aliphatic heterocycles. The average molecular weight is 280 g/mol. The zero-order valence-electron chi connectivity index (χ0n) is 12.9. The quantitative estimate of drug-likeness (QED) is 0.724. The van der Waals surface area contributed by atoms with Crippen molar-refractivity contribution in [2.24, 2.45) is 11.8 Å². The highest BCUT2D eigenvalue weighted by Gasteiger charge is 2.52. The van der Waals surface area contributed by atoms with Crippen LogP contribution in [0.4, 0.5) is 0 Å². The molecule has 3 aliphatic carbocycles. The van der Waals surface area contributed by atoms with E-state index in [0.717, 1.165) is 30.7 Å². The van der Waals surface area contributed by atoms with Crippen molar-refractivity contribution in [1.82, 2.24) is 0 Å². The number of ketones is 1. The summed E-state index contributed by atoms with van der Waals surface area (Å²) in [4.78, 5) is 12.4. The standard InChI is InChI=1S/C20H24O/c1-2-3-5-15-6-4-7-17-18(21)10-11-20(19(15)17)13-14-8-9-16(20)12-14/h4,6-9,14,16H,2-3,5,10-13H2,1H3. The number of carbonyl (C=O) groups is 1. The Morgan fingerprint density at radius 1 is 1.29 bits per heavy atom. The minimum absolute atomic E-state index is 0.285. The van der Waals surface area contributed by atoms with Crippen molar-refractivity contribution in [2.75, 3.05) is 0 Å². The number of hydrogen-bond donors (Lipinski definition) is 0. The van der Waals surface area contributed by atoms with Crippen LogP contribution in [0.1, 0.15) is 66.9 Å². The van der Waals surface area contributed by atoms with Crippen LogP contribution >= 0.6 is 0 Å². The fourth-order valence-corrected chi connectivity index (χ4v) is 5.12. The third kappa shape index (κ3) is 1.86. The Kier molecular flexibility index (Phi) is 3.06. The molecule has 0 amide bonds. The topological polar surface area (TPSA) is 17.1 Å². The van der Waals surface area contributed by atoms with Gasteiger partial charge in [-0.2, -0.15) is 0 Å². The highest BCUT2D eigenvalue weighted by atomic mass is 16.1. The van der Waals surface area contributed by atoms with Gasteiger partial charge in [0.25, 0.3) is 0 Å². The molecule has 0 saturated heterocycles. The Labute approximate surface area is 127 Å². The van der Waals surface area contributed by atoms with Crippen LogP contribution in [0.25, 0.3) is 0 Å². The van der Waals surface area contributed by atoms with E-state index in [9.17, 15) is 4.79 Å². The summed E-state index contributed by atoms with van der Waals surface area (Å²) in [5, 5.41) is 0. The number of benzene rings is 1. The number of Topliss-reactive ketones (excluding diaryl/α,β-unsaturated/α-hetero) is 1. The van der Waals surface area contributed by atoms with Crippen LogP contribution < -0.4 is 0 Å². The first-order valence-electron chi connectivity index (χ1n) is 8.58. The molecule has 0 N–H and O–H groups in total. The third-order valence-electron chi connectivity index (χ3n) is 6.06. The summed E-state index contributed by atoms with van der Waals surface area (Å²) < 4.78 is 0. The normalized spacial score (nSPS) is 32.9. The molecule has 0 radical (unpaired) electrons. The van der Waals surface area contributed by atoms with Crippen molar-refractivity contribution in [3.05, 3.63) is 47.0 Å². The molecule has 1 saturated carbocycles. The molecule has 21 heavy (non-hydrogen) atoms. The lowest BCUT2D eigenvalue weighted by Crippen LogP contribution is -2.38. The minimum Gasteiger partial charge on any atom is -0.294 e. The maximum atomic E-state index is 12.4. The summed E-state index contributed by atoms with van der Waals surface area (Å²) in [5.41, 5.74) is 4.25. The second-order valence-corrected chi connectivity index (χ2v) is 7.21. The molecule has 110 valence electrons. The van der Waals surface area contributed by atoms with Gasteiger partial charge in [0.15, 0.2) is 5.78 Å². The first-order chi connectivity index (χ1) is 10.2. The largest absolute Gasteiger partial charge is 0.294 e. The van der Waals surface area contributed by atoms with E-state index in [0.29, 0.717) is 11.7 Å². The SMILES string of the molecule is CCCCc1cccc2c1C1(CCC2=O)CC2C=CC1C2. The fraction of sp³-hybridized carbons (Fsp3) is 0.550. The average Bonchev–Trinajstić information content (AvgIpc) is 3.10. The maximum Gasteiger partial charge on any atom is 0.163 e. The van der Waals surface area contributed by atoms with Crippen molar-refractivity contribution < 1.29 is 4.79 Å². The van der Waals surface area contributed by atoms with E-state index < -0.39 is 0 Å². The van der Waals surface area contributed by atoms with Crippen molar-refractivity contribution in [2.45, 2.75) is 57.3 Å². The van der Waals surface area contributed by atoms with Gasteiger partial charge in [0, 0.05) is 17.4 Å². The number of hydrogen-bond acceptors (Lipinski definition) is 1. The molecule has 3 aliphatic rings. The van der Waals surface area contributed by atoms with Gasteiger partial charge in [-0.25, -0.2) is 0 Å². The first kappa shape index (κ1) is 13.3. The zero-order chi connectivity index (χ0) is 14.4. The summed E-state index contributed by atoms with van der Waals surface area (Å²) >= 11 is 0. The van der Waals surface area contributed by atoms with Crippen LogP contribution in [0.3, 0.4) is 0 Å². The van der Waals surface area contributed by atoms with Crippen LogP contribution in [0.15, 0.2) is 30.4 Å². The number of rotatable bonds is 3. The Bertz CT molecular complexity index is 612. The molecular formula is C20H24O. The Morgan fingerprint density at radius 2 is 2.19 bits per heavy atom. The Balaban J connectivity index is 1.86. The molecule has 1 spiro atoms. The summed E-state index contributed by atoms with van der Waals surface area (Å²) in [6, 6.07) is 6.47. The van der Waals surface area contributed by atoms with Crippen molar-refractivity contribution in [1.29, 1.82) is 0 Å². The van der Waals surface area contributed by atoms with Crippen LogP contribution in [0.5, 0.6) is 0 Å². The number of aryl methyl sites for hydroxylation is 1. The van der Waals surface area contributed by atoms with E-state index in [1.165, 1.54) is 36.8 Å². The van der Waals surface area contributed by atoms with Gasteiger partial charge >= 0.3 is 0 Å². The Hall–Kier alpha value is -1.37. The van der Waals surface area contributed by atoms with Gasteiger partial charge in [0.1, 0.15) is 0 Å². The van der Waals surface area contributed by atoms with Gasteiger partial charge in [0.05, 0.1) is 0 Å². The highest BCUT2D eigenvalue weighted by molar-refractivity contribution is 5.99. The van der Waals surface area contributed by atoms with Crippen LogP contribution in [-0.4, -0.2) is 5.78 Å². The lowest BCUT2D eigenvalue weighted by Gasteiger charge is -2.42. The predicted molar refractivity (Wildman–Crippen MR) is 85.7 cm³/mol. The van der Waals surface area contributed by atoms with Gasteiger partial charge in [-0.1, -0.05) is 43.7 Å². The lowest BCUT2D eigenvalue weighted by atomic mass is 9.61. The molecule has 0 heterocycles. The second kappa shape index (κ2) is 4.83. The molecule has 0 aromatic heterocycles. The van der Waals surface area contributed by atoms with E-state index in [4.69, 9.17) is 0 Å².